The molecule has 0 fully saturated rings. The number of carbonyl (C=O) groups excluding carboxylic acids is 1. The second kappa shape index (κ2) is 10.9. The first kappa shape index (κ1) is 15.4. The average Bonchev–Trinajstić information content (AvgIpc) is 2.26. The van der Waals surface area contributed by atoms with Gasteiger partial charge in [0.1, 0.15) is 0 Å². The van der Waals surface area contributed by atoms with Gasteiger partial charge in [0, 0.05) is 12.6 Å². The molecule has 0 saturated heterocycles. The van der Waals surface area contributed by atoms with Crippen molar-refractivity contribution >= 4 is 5.91 Å². The number of carbonyl (C=O) groups is 1. The second-order valence-electron chi connectivity index (χ2n) is 4.44. The predicted molar refractivity (Wildman–Crippen MR) is 69.5 cm³/mol. The number of hydrogen-bond acceptors (Lipinski definition) is 2. The van der Waals surface area contributed by atoms with E-state index >= 15 is 0 Å². The summed E-state index contributed by atoms with van der Waals surface area (Å²) >= 11 is 0. The Hall–Kier alpha value is -0.570. The molecule has 0 radical (unpaired) electrons. The van der Waals surface area contributed by atoms with Crippen LogP contribution in [0.5, 0.6) is 0 Å². The minimum atomic E-state index is 0.0975. The van der Waals surface area contributed by atoms with Gasteiger partial charge in [-0.1, -0.05) is 39.0 Å². The van der Waals surface area contributed by atoms with Gasteiger partial charge in [0.25, 0.3) is 0 Å². The van der Waals surface area contributed by atoms with Gasteiger partial charge in [0.15, 0.2) is 0 Å². The SMILES string of the molecule is CCCCCCCC(C)NCC(=O)NCC. The van der Waals surface area contributed by atoms with Gasteiger partial charge in [0.05, 0.1) is 6.54 Å². The van der Waals surface area contributed by atoms with Gasteiger partial charge in [-0.25, -0.2) is 0 Å². The smallest absolute Gasteiger partial charge is 0.233 e. The van der Waals surface area contributed by atoms with E-state index in [1.807, 2.05) is 6.92 Å². The molecule has 0 saturated carbocycles. The molecule has 16 heavy (non-hydrogen) atoms. The summed E-state index contributed by atoms with van der Waals surface area (Å²) in [6, 6.07) is 0.448. The third-order valence-corrected chi connectivity index (χ3v) is 2.73. The lowest BCUT2D eigenvalue weighted by Crippen LogP contribution is -2.37. The Bertz CT molecular complexity index is 171. The largest absolute Gasteiger partial charge is 0.355 e. The fourth-order valence-electron chi connectivity index (χ4n) is 1.68. The molecule has 0 aromatic rings. The summed E-state index contributed by atoms with van der Waals surface area (Å²) < 4.78 is 0. The Morgan fingerprint density at radius 1 is 1.12 bits per heavy atom. The quantitative estimate of drug-likeness (QED) is 0.564. The maximum absolute atomic E-state index is 11.2. The first-order chi connectivity index (χ1) is 7.70. The molecule has 0 aromatic heterocycles. The first-order valence-corrected chi connectivity index (χ1v) is 6.70. The number of nitrogens with one attached hydrogen (secondary N) is 2. The van der Waals surface area contributed by atoms with Gasteiger partial charge in [-0.05, 0) is 20.3 Å². The van der Waals surface area contributed by atoms with E-state index in [-0.39, 0.29) is 5.91 Å². The lowest BCUT2D eigenvalue weighted by Gasteiger charge is -2.13. The van der Waals surface area contributed by atoms with Crippen molar-refractivity contribution in [1.82, 2.24) is 10.6 Å². The normalized spacial score (nSPS) is 12.4. The summed E-state index contributed by atoms with van der Waals surface area (Å²) in [5, 5.41) is 6.03. The molecule has 0 aliphatic heterocycles. The third-order valence-electron chi connectivity index (χ3n) is 2.73. The molecule has 0 heterocycles. The monoisotopic (exact) mass is 228 g/mol. The fourth-order valence-corrected chi connectivity index (χ4v) is 1.68. The van der Waals surface area contributed by atoms with Crippen LogP contribution in [0.2, 0.25) is 0 Å². The Kier molecular flexibility index (Phi) is 10.5. The van der Waals surface area contributed by atoms with Crippen LogP contribution in [0.15, 0.2) is 0 Å². The van der Waals surface area contributed by atoms with Crippen LogP contribution in [0, 0.1) is 0 Å². The number of hydrogen-bond donors (Lipinski definition) is 2. The van der Waals surface area contributed by atoms with Gasteiger partial charge in [0.2, 0.25) is 5.91 Å². The number of unbranched alkanes of at least 4 members (excludes halogenated alkanes) is 4. The number of amides is 1. The average molecular weight is 228 g/mol. The molecular weight excluding hydrogens is 200 g/mol. The topological polar surface area (TPSA) is 41.1 Å². The highest BCUT2D eigenvalue weighted by Gasteiger charge is 2.04. The van der Waals surface area contributed by atoms with Crippen LogP contribution in [0.1, 0.15) is 59.3 Å². The van der Waals surface area contributed by atoms with Crippen molar-refractivity contribution < 1.29 is 4.79 Å². The highest BCUT2D eigenvalue weighted by atomic mass is 16.1. The molecule has 0 bridgehead atoms. The van der Waals surface area contributed by atoms with E-state index in [0.29, 0.717) is 19.1 Å². The first-order valence-electron chi connectivity index (χ1n) is 6.70. The Morgan fingerprint density at radius 2 is 1.81 bits per heavy atom. The molecule has 1 amide bonds. The van der Waals surface area contributed by atoms with E-state index in [1.54, 1.807) is 0 Å². The van der Waals surface area contributed by atoms with Crippen LogP contribution in [0.4, 0.5) is 0 Å². The van der Waals surface area contributed by atoms with Crippen LogP contribution in [0.25, 0.3) is 0 Å². The molecular formula is C13H28N2O. The molecule has 1 atom stereocenters. The highest BCUT2D eigenvalue weighted by Crippen LogP contribution is 2.06. The van der Waals surface area contributed by atoms with Crippen LogP contribution < -0.4 is 10.6 Å². The molecule has 1 unspecified atom stereocenters. The van der Waals surface area contributed by atoms with Gasteiger partial charge < -0.3 is 10.6 Å². The van der Waals surface area contributed by atoms with E-state index in [4.69, 9.17) is 0 Å². The number of rotatable bonds is 10. The third kappa shape index (κ3) is 9.97. The van der Waals surface area contributed by atoms with Gasteiger partial charge in [-0.15, -0.1) is 0 Å². The molecule has 0 aliphatic carbocycles. The van der Waals surface area contributed by atoms with Gasteiger partial charge >= 0.3 is 0 Å². The van der Waals surface area contributed by atoms with E-state index in [2.05, 4.69) is 24.5 Å². The van der Waals surface area contributed by atoms with E-state index in [9.17, 15) is 4.79 Å². The molecule has 0 spiro atoms. The molecule has 96 valence electrons. The molecule has 0 aliphatic rings. The zero-order valence-electron chi connectivity index (χ0n) is 11.1. The van der Waals surface area contributed by atoms with E-state index in [0.717, 1.165) is 0 Å². The second-order valence-corrected chi connectivity index (χ2v) is 4.44. The Morgan fingerprint density at radius 3 is 2.44 bits per heavy atom. The van der Waals surface area contributed by atoms with Crippen LogP contribution >= 0.6 is 0 Å². The predicted octanol–water partition coefficient (Wildman–Crippen LogP) is 2.46. The van der Waals surface area contributed by atoms with Crippen molar-refractivity contribution in [3.63, 3.8) is 0 Å². The summed E-state index contributed by atoms with van der Waals surface area (Å²) in [4.78, 5) is 11.2. The van der Waals surface area contributed by atoms with E-state index < -0.39 is 0 Å². The lowest BCUT2D eigenvalue weighted by atomic mass is 10.1. The molecule has 0 rings (SSSR count). The van der Waals surface area contributed by atoms with Crippen molar-refractivity contribution in [1.29, 1.82) is 0 Å². The van der Waals surface area contributed by atoms with Crippen molar-refractivity contribution in [2.45, 2.75) is 65.3 Å². The summed E-state index contributed by atoms with van der Waals surface area (Å²) in [5.74, 6) is 0.0975. The summed E-state index contributed by atoms with van der Waals surface area (Å²) in [6.07, 6.45) is 7.75. The zero-order valence-corrected chi connectivity index (χ0v) is 11.1. The molecule has 2 N–H and O–H groups in total. The Labute approximate surface area is 100 Å². The summed E-state index contributed by atoms with van der Waals surface area (Å²) in [6.45, 7) is 7.49. The van der Waals surface area contributed by atoms with Crippen molar-refractivity contribution in [2.75, 3.05) is 13.1 Å². The van der Waals surface area contributed by atoms with Crippen molar-refractivity contribution in [2.24, 2.45) is 0 Å². The van der Waals surface area contributed by atoms with Crippen LogP contribution in [0.3, 0.4) is 0 Å². The molecule has 3 nitrogen and oxygen atoms in total. The maximum atomic E-state index is 11.2. The highest BCUT2D eigenvalue weighted by molar-refractivity contribution is 5.77. The van der Waals surface area contributed by atoms with Crippen LogP contribution in [-0.2, 0) is 4.79 Å². The standard InChI is InChI=1S/C13H28N2O/c1-4-6-7-8-9-10-12(3)15-11-13(16)14-5-2/h12,15H,4-11H2,1-3H3,(H,14,16). The maximum Gasteiger partial charge on any atom is 0.233 e. The summed E-state index contributed by atoms with van der Waals surface area (Å²) in [5.41, 5.74) is 0. The van der Waals surface area contributed by atoms with Gasteiger partial charge in [-0.2, -0.15) is 0 Å². The van der Waals surface area contributed by atoms with Crippen molar-refractivity contribution in [3.05, 3.63) is 0 Å². The zero-order chi connectivity index (χ0) is 12.2. The number of likely N-dealkylation sites (N-methyl/N-ethyl adjacent to an activating group) is 1. The molecule has 0 aromatic carbocycles. The van der Waals surface area contributed by atoms with Gasteiger partial charge in [-0.3, -0.25) is 4.79 Å². The minimum Gasteiger partial charge on any atom is -0.355 e. The van der Waals surface area contributed by atoms with E-state index in [1.165, 1.54) is 38.5 Å². The fraction of sp³-hybridized carbons (Fsp3) is 0.923. The molecule has 3 heteroatoms. The van der Waals surface area contributed by atoms with Crippen molar-refractivity contribution in [3.8, 4) is 0 Å². The minimum absolute atomic E-state index is 0.0975. The Balaban J connectivity index is 3.30. The van der Waals surface area contributed by atoms with Crippen LogP contribution in [-0.4, -0.2) is 25.0 Å². The summed E-state index contributed by atoms with van der Waals surface area (Å²) in [7, 11) is 0. The lowest BCUT2D eigenvalue weighted by molar-refractivity contribution is -0.120.